The van der Waals surface area contributed by atoms with E-state index in [1.165, 1.54) is 10.7 Å². The fraction of sp³-hybridized carbons (Fsp3) is 0.385. The van der Waals surface area contributed by atoms with E-state index in [2.05, 4.69) is 15.6 Å². The Bertz CT molecular complexity index is 590. The Morgan fingerprint density at radius 1 is 1.30 bits per heavy atom. The van der Waals surface area contributed by atoms with Gasteiger partial charge in [-0.3, -0.25) is 0 Å². The van der Waals surface area contributed by atoms with Crippen LogP contribution in [0.2, 0.25) is 0 Å². The number of aromatic nitrogens is 3. The van der Waals surface area contributed by atoms with Gasteiger partial charge in [0.15, 0.2) is 0 Å². The third kappa shape index (κ3) is 3.16. The summed E-state index contributed by atoms with van der Waals surface area (Å²) in [5, 5.41) is 10.9. The number of rotatable bonds is 4. The highest BCUT2D eigenvalue weighted by Gasteiger charge is 2.31. The lowest BCUT2D eigenvalue weighted by Gasteiger charge is -2.10. The van der Waals surface area contributed by atoms with Gasteiger partial charge in [-0.25, -0.2) is 4.68 Å². The molecule has 0 amide bonds. The summed E-state index contributed by atoms with van der Waals surface area (Å²) >= 11 is 0. The zero-order valence-corrected chi connectivity index (χ0v) is 11.2. The number of halogens is 3. The van der Waals surface area contributed by atoms with Crippen molar-refractivity contribution in [3.05, 3.63) is 41.2 Å². The van der Waals surface area contributed by atoms with Crippen molar-refractivity contribution in [3.63, 3.8) is 0 Å². The van der Waals surface area contributed by atoms with Crippen molar-refractivity contribution in [2.75, 3.05) is 6.54 Å². The molecule has 0 radical (unpaired) electrons. The van der Waals surface area contributed by atoms with Gasteiger partial charge in [0.1, 0.15) is 0 Å². The number of hydrogen-bond donors (Lipinski definition) is 1. The van der Waals surface area contributed by atoms with Gasteiger partial charge in [-0.2, -0.15) is 13.2 Å². The smallest absolute Gasteiger partial charge is 0.311 e. The predicted molar refractivity (Wildman–Crippen MR) is 68.5 cm³/mol. The molecule has 1 aromatic heterocycles. The third-order valence-electron chi connectivity index (χ3n) is 2.88. The summed E-state index contributed by atoms with van der Waals surface area (Å²) in [6.07, 6.45) is -2.74. The monoisotopic (exact) mass is 284 g/mol. The minimum absolute atomic E-state index is 0.384. The van der Waals surface area contributed by atoms with Crippen molar-refractivity contribution < 1.29 is 13.2 Å². The van der Waals surface area contributed by atoms with Gasteiger partial charge in [0.25, 0.3) is 0 Å². The Kier molecular flexibility index (Phi) is 4.08. The Morgan fingerprint density at radius 3 is 2.70 bits per heavy atom. The van der Waals surface area contributed by atoms with Crippen LogP contribution in [0.5, 0.6) is 0 Å². The fourth-order valence-corrected chi connectivity index (χ4v) is 1.78. The minimum atomic E-state index is -4.37. The Balaban J connectivity index is 2.34. The van der Waals surface area contributed by atoms with Gasteiger partial charge >= 0.3 is 6.18 Å². The standard InChI is InChI=1S/C13H15F3N4/c1-3-17-7-11-8-20(19-18-11)12-6-10(13(14,15)16)5-4-9(12)2/h4-6,8,17H,3,7H2,1-2H3. The average molecular weight is 284 g/mol. The van der Waals surface area contributed by atoms with E-state index in [4.69, 9.17) is 0 Å². The second kappa shape index (κ2) is 5.62. The van der Waals surface area contributed by atoms with Crippen molar-refractivity contribution in [1.82, 2.24) is 20.3 Å². The van der Waals surface area contributed by atoms with E-state index < -0.39 is 11.7 Å². The summed E-state index contributed by atoms with van der Waals surface area (Å²) < 4.78 is 39.6. The number of nitrogens with zero attached hydrogens (tertiary/aromatic N) is 3. The lowest BCUT2D eigenvalue weighted by molar-refractivity contribution is -0.137. The first kappa shape index (κ1) is 14.5. The van der Waals surface area contributed by atoms with Crippen molar-refractivity contribution >= 4 is 0 Å². The van der Waals surface area contributed by atoms with E-state index in [1.807, 2.05) is 6.92 Å². The lowest BCUT2D eigenvalue weighted by atomic mass is 10.1. The highest BCUT2D eigenvalue weighted by Crippen LogP contribution is 2.31. The molecule has 1 aromatic carbocycles. The molecule has 0 bridgehead atoms. The van der Waals surface area contributed by atoms with Crippen molar-refractivity contribution in [2.24, 2.45) is 0 Å². The SMILES string of the molecule is CCNCc1cn(-c2cc(C(F)(F)F)ccc2C)nn1. The van der Waals surface area contributed by atoms with E-state index >= 15 is 0 Å². The molecule has 0 unspecified atom stereocenters. The molecule has 0 saturated heterocycles. The molecule has 2 aromatic rings. The molecule has 0 aliphatic carbocycles. The van der Waals surface area contributed by atoms with E-state index in [1.54, 1.807) is 13.1 Å². The molecule has 108 valence electrons. The molecule has 20 heavy (non-hydrogen) atoms. The first-order chi connectivity index (χ1) is 9.41. The van der Waals surface area contributed by atoms with E-state index in [-0.39, 0.29) is 0 Å². The topological polar surface area (TPSA) is 42.7 Å². The quantitative estimate of drug-likeness (QED) is 0.938. The summed E-state index contributed by atoms with van der Waals surface area (Å²) in [5.74, 6) is 0. The molecule has 0 aliphatic heterocycles. The molecule has 0 spiro atoms. The maximum absolute atomic E-state index is 12.7. The highest BCUT2D eigenvalue weighted by atomic mass is 19.4. The van der Waals surface area contributed by atoms with Crippen LogP contribution < -0.4 is 5.32 Å². The predicted octanol–water partition coefficient (Wildman–Crippen LogP) is 2.70. The van der Waals surface area contributed by atoms with Gasteiger partial charge in [0.2, 0.25) is 0 Å². The Hall–Kier alpha value is -1.89. The van der Waals surface area contributed by atoms with E-state index in [0.717, 1.165) is 18.7 Å². The van der Waals surface area contributed by atoms with Crippen LogP contribution in [0, 0.1) is 6.92 Å². The van der Waals surface area contributed by atoms with Gasteiger partial charge in [0, 0.05) is 6.54 Å². The third-order valence-corrected chi connectivity index (χ3v) is 2.88. The zero-order chi connectivity index (χ0) is 14.8. The number of benzene rings is 1. The molecule has 0 fully saturated rings. The van der Waals surface area contributed by atoms with Gasteiger partial charge in [-0.05, 0) is 31.2 Å². The van der Waals surface area contributed by atoms with Crippen molar-refractivity contribution in [2.45, 2.75) is 26.6 Å². The average Bonchev–Trinajstić information content (AvgIpc) is 2.84. The summed E-state index contributed by atoms with van der Waals surface area (Å²) in [4.78, 5) is 0. The Morgan fingerprint density at radius 2 is 2.05 bits per heavy atom. The normalized spacial score (nSPS) is 11.8. The van der Waals surface area contributed by atoms with Gasteiger partial charge in [0.05, 0.1) is 23.1 Å². The molecule has 0 aliphatic rings. The molecular weight excluding hydrogens is 269 g/mol. The van der Waals surface area contributed by atoms with Gasteiger partial charge in [-0.15, -0.1) is 5.10 Å². The van der Waals surface area contributed by atoms with Crippen LogP contribution in [0.15, 0.2) is 24.4 Å². The van der Waals surface area contributed by atoms with Crippen LogP contribution in [0.1, 0.15) is 23.7 Å². The van der Waals surface area contributed by atoms with Crippen LogP contribution >= 0.6 is 0 Å². The van der Waals surface area contributed by atoms with Crippen LogP contribution in [0.3, 0.4) is 0 Å². The number of nitrogens with one attached hydrogen (secondary N) is 1. The largest absolute Gasteiger partial charge is 0.416 e. The van der Waals surface area contributed by atoms with Crippen molar-refractivity contribution in [3.8, 4) is 5.69 Å². The zero-order valence-electron chi connectivity index (χ0n) is 11.2. The van der Waals surface area contributed by atoms with Gasteiger partial charge < -0.3 is 5.32 Å². The van der Waals surface area contributed by atoms with E-state index in [0.29, 0.717) is 23.5 Å². The highest BCUT2D eigenvalue weighted by molar-refractivity contribution is 5.43. The molecule has 7 heteroatoms. The summed E-state index contributed by atoms with van der Waals surface area (Å²) in [5.41, 5.74) is 1.08. The first-order valence-corrected chi connectivity index (χ1v) is 6.22. The maximum atomic E-state index is 12.7. The molecule has 1 N–H and O–H groups in total. The van der Waals surface area contributed by atoms with Gasteiger partial charge in [-0.1, -0.05) is 18.2 Å². The fourth-order valence-electron chi connectivity index (χ4n) is 1.78. The summed E-state index contributed by atoms with van der Waals surface area (Å²) in [6, 6.07) is 3.58. The maximum Gasteiger partial charge on any atom is 0.416 e. The lowest BCUT2D eigenvalue weighted by Crippen LogP contribution is -2.11. The molecule has 0 saturated carbocycles. The Labute approximate surface area is 114 Å². The second-order valence-electron chi connectivity index (χ2n) is 4.43. The van der Waals surface area contributed by atoms with Crippen LogP contribution in [-0.4, -0.2) is 21.5 Å². The summed E-state index contributed by atoms with van der Waals surface area (Å²) in [7, 11) is 0. The van der Waals surface area contributed by atoms with Crippen molar-refractivity contribution in [1.29, 1.82) is 0 Å². The summed E-state index contributed by atoms with van der Waals surface area (Å²) in [6.45, 7) is 5.02. The number of hydrogen-bond acceptors (Lipinski definition) is 3. The molecule has 4 nitrogen and oxygen atoms in total. The molecular formula is C13H15F3N4. The van der Waals surface area contributed by atoms with Crippen LogP contribution in [-0.2, 0) is 12.7 Å². The molecule has 1 heterocycles. The minimum Gasteiger partial charge on any atom is -0.311 e. The molecule has 0 atom stereocenters. The number of alkyl halides is 3. The van der Waals surface area contributed by atoms with Crippen LogP contribution in [0.25, 0.3) is 5.69 Å². The van der Waals surface area contributed by atoms with Crippen LogP contribution in [0.4, 0.5) is 13.2 Å². The molecule has 2 rings (SSSR count). The number of aryl methyl sites for hydroxylation is 1. The second-order valence-corrected chi connectivity index (χ2v) is 4.43. The first-order valence-electron chi connectivity index (χ1n) is 6.22. The van der Waals surface area contributed by atoms with E-state index in [9.17, 15) is 13.2 Å².